The summed E-state index contributed by atoms with van der Waals surface area (Å²) >= 11 is 7.80. The highest BCUT2D eigenvalue weighted by Crippen LogP contribution is 2.28. The monoisotopic (exact) mass is 462 g/mol. The highest BCUT2D eigenvalue weighted by atomic mass is 79.9. The molecular formula is C17H11BrN4OS3. The number of nitrogens with zero attached hydrogens (tertiary/aromatic N) is 3. The first-order chi connectivity index (χ1) is 12.6. The molecule has 26 heavy (non-hydrogen) atoms. The molecule has 1 amide bonds. The van der Waals surface area contributed by atoms with Crippen LogP contribution in [0.2, 0.25) is 0 Å². The van der Waals surface area contributed by atoms with Crippen molar-refractivity contribution in [3.05, 3.63) is 62.3 Å². The summed E-state index contributed by atoms with van der Waals surface area (Å²) in [5.74, 6) is 0.482. The van der Waals surface area contributed by atoms with Crippen LogP contribution in [0.4, 0.5) is 5.13 Å². The topological polar surface area (TPSA) is 78.7 Å². The Morgan fingerprint density at radius 2 is 2.04 bits per heavy atom. The van der Waals surface area contributed by atoms with E-state index in [9.17, 15) is 4.79 Å². The van der Waals surface area contributed by atoms with Crippen LogP contribution in [0.25, 0.3) is 6.08 Å². The minimum Gasteiger partial charge on any atom is -0.297 e. The zero-order chi connectivity index (χ0) is 18.4. The summed E-state index contributed by atoms with van der Waals surface area (Å²) in [4.78, 5) is 12.9. The number of halogens is 1. The molecule has 1 N–H and O–H groups in total. The van der Waals surface area contributed by atoms with Gasteiger partial charge in [0, 0.05) is 16.7 Å². The Morgan fingerprint density at radius 1 is 1.23 bits per heavy atom. The van der Waals surface area contributed by atoms with Crippen LogP contribution >= 0.6 is 50.4 Å². The van der Waals surface area contributed by atoms with Gasteiger partial charge in [0.05, 0.1) is 15.4 Å². The van der Waals surface area contributed by atoms with E-state index in [0.717, 1.165) is 24.3 Å². The fourth-order valence-electron chi connectivity index (χ4n) is 1.86. The van der Waals surface area contributed by atoms with E-state index in [1.54, 1.807) is 29.5 Å². The zero-order valence-corrected chi connectivity index (χ0v) is 17.2. The number of nitriles is 1. The highest BCUT2D eigenvalue weighted by Gasteiger charge is 2.07. The summed E-state index contributed by atoms with van der Waals surface area (Å²) in [6.07, 6.45) is 3.23. The third kappa shape index (κ3) is 5.51. The molecule has 0 aliphatic heterocycles. The van der Waals surface area contributed by atoms with Gasteiger partial charge in [-0.05, 0) is 51.8 Å². The fourth-order valence-corrected chi connectivity index (χ4v) is 4.90. The van der Waals surface area contributed by atoms with Crippen molar-refractivity contribution in [2.45, 2.75) is 10.1 Å². The number of aromatic nitrogens is 2. The molecule has 0 atom stereocenters. The lowest BCUT2D eigenvalue weighted by Crippen LogP contribution is -2.07. The number of nitrogens with one attached hydrogen (secondary N) is 1. The molecule has 0 aliphatic rings. The van der Waals surface area contributed by atoms with Crippen molar-refractivity contribution in [2.24, 2.45) is 0 Å². The second-order valence-corrected chi connectivity index (χ2v) is 9.63. The van der Waals surface area contributed by atoms with Crippen LogP contribution in [-0.4, -0.2) is 16.1 Å². The second kappa shape index (κ2) is 9.09. The van der Waals surface area contributed by atoms with E-state index < -0.39 is 0 Å². The predicted octanol–water partition coefficient (Wildman–Crippen LogP) is 5.18. The van der Waals surface area contributed by atoms with E-state index in [1.807, 2.05) is 24.3 Å². The van der Waals surface area contributed by atoms with Crippen LogP contribution in [0, 0.1) is 11.3 Å². The Balaban J connectivity index is 1.51. The molecule has 2 aromatic heterocycles. The van der Waals surface area contributed by atoms with Gasteiger partial charge in [-0.15, -0.1) is 21.5 Å². The number of anilines is 1. The van der Waals surface area contributed by atoms with Crippen LogP contribution in [0.5, 0.6) is 0 Å². The number of hydrogen-bond donors (Lipinski definition) is 1. The molecule has 0 bridgehead atoms. The Hall–Kier alpha value is -1.99. The number of carbonyl (C=O) groups excluding carboxylic acids is 1. The van der Waals surface area contributed by atoms with Crippen molar-refractivity contribution in [2.75, 3.05) is 5.32 Å². The number of hydrogen-bond acceptors (Lipinski definition) is 7. The quantitative estimate of drug-likeness (QED) is 0.310. The lowest BCUT2D eigenvalue weighted by Gasteiger charge is -1.98. The van der Waals surface area contributed by atoms with Gasteiger partial charge in [-0.3, -0.25) is 10.1 Å². The number of carbonyl (C=O) groups is 1. The Morgan fingerprint density at radius 3 is 2.73 bits per heavy atom. The number of thioether (sulfide) groups is 1. The lowest BCUT2D eigenvalue weighted by atomic mass is 10.2. The maximum atomic E-state index is 11.9. The minimum atomic E-state index is -0.241. The first-order valence-electron chi connectivity index (χ1n) is 7.32. The maximum absolute atomic E-state index is 11.9. The molecule has 3 rings (SSSR count). The van der Waals surface area contributed by atoms with Gasteiger partial charge in [0.25, 0.3) is 0 Å². The summed E-state index contributed by atoms with van der Waals surface area (Å²) < 4.78 is 1.79. The van der Waals surface area contributed by atoms with Crippen LogP contribution in [0.15, 0.2) is 50.6 Å². The van der Waals surface area contributed by atoms with Crippen LogP contribution in [-0.2, 0) is 10.5 Å². The van der Waals surface area contributed by atoms with Gasteiger partial charge in [-0.2, -0.15) is 5.26 Å². The largest absolute Gasteiger partial charge is 0.297 e. The molecule has 0 saturated carbocycles. The molecule has 0 radical (unpaired) electrons. The zero-order valence-electron chi connectivity index (χ0n) is 13.2. The molecule has 130 valence electrons. The van der Waals surface area contributed by atoms with Crippen molar-refractivity contribution in [3.8, 4) is 6.07 Å². The van der Waals surface area contributed by atoms with Crippen molar-refractivity contribution in [1.82, 2.24) is 10.2 Å². The summed E-state index contributed by atoms with van der Waals surface area (Å²) in [7, 11) is 0. The van der Waals surface area contributed by atoms with Crippen molar-refractivity contribution >= 4 is 67.5 Å². The molecule has 0 fully saturated rings. The van der Waals surface area contributed by atoms with E-state index in [4.69, 9.17) is 5.26 Å². The highest BCUT2D eigenvalue weighted by molar-refractivity contribution is 9.11. The summed E-state index contributed by atoms with van der Waals surface area (Å²) in [5, 5.41) is 20.0. The Kier molecular flexibility index (Phi) is 6.57. The van der Waals surface area contributed by atoms with Crippen LogP contribution in [0.1, 0.15) is 16.0 Å². The van der Waals surface area contributed by atoms with E-state index in [1.165, 1.54) is 29.2 Å². The third-order valence-electron chi connectivity index (χ3n) is 3.07. The summed E-state index contributed by atoms with van der Waals surface area (Å²) in [5.41, 5.74) is 1.74. The SMILES string of the molecule is N#Cc1ccc(CSc2nnc(NC(=O)/C=C/c3ccc(Br)s3)s2)cc1. The molecule has 0 spiro atoms. The number of amides is 1. The van der Waals surface area contributed by atoms with Gasteiger partial charge < -0.3 is 0 Å². The first kappa shape index (κ1) is 18.8. The van der Waals surface area contributed by atoms with E-state index in [-0.39, 0.29) is 5.91 Å². The average molecular weight is 463 g/mol. The predicted molar refractivity (Wildman–Crippen MR) is 110 cm³/mol. The van der Waals surface area contributed by atoms with E-state index >= 15 is 0 Å². The van der Waals surface area contributed by atoms with Crippen molar-refractivity contribution in [3.63, 3.8) is 0 Å². The molecule has 3 aromatic rings. The second-order valence-electron chi connectivity index (χ2n) is 4.93. The number of rotatable bonds is 6. The normalized spacial score (nSPS) is 10.8. The van der Waals surface area contributed by atoms with Crippen molar-refractivity contribution in [1.29, 1.82) is 5.26 Å². The standard InChI is InChI=1S/C17H11BrN4OS3/c18-14-7-5-13(25-14)6-8-15(23)20-16-21-22-17(26-16)24-10-12-3-1-11(9-19)2-4-12/h1-8H,10H2,(H,20,21,23)/b8-6+. The fraction of sp³-hybridized carbons (Fsp3) is 0.0588. The summed E-state index contributed by atoms with van der Waals surface area (Å²) in [6, 6.07) is 13.4. The molecular weight excluding hydrogens is 452 g/mol. The van der Waals surface area contributed by atoms with Gasteiger partial charge in [0.15, 0.2) is 4.34 Å². The van der Waals surface area contributed by atoms with Gasteiger partial charge in [0.1, 0.15) is 0 Å². The molecule has 1 aromatic carbocycles. The minimum absolute atomic E-state index is 0.241. The molecule has 0 unspecified atom stereocenters. The molecule has 2 heterocycles. The maximum Gasteiger partial charge on any atom is 0.250 e. The molecule has 9 heteroatoms. The van der Waals surface area contributed by atoms with Gasteiger partial charge in [-0.25, -0.2) is 0 Å². The molecule has 0 aliphatic carbocycles. The van der Waals surface area contributed by atoms with Gasteiger partial charge in [0.2, 0.25) is 11.0 Å². The number of thiophene rings is 1. The summed E-state index contributed by atoms with van der Waals surface area (Å²) in [6.45, 7) is 0. The number of benzene rings is 1. The Bertz CT molecular complexity index is 973. The Labute approximate surface area is 170 Å². The molecule has 0 saturated heterocycles. The smallest absolute Gasteiger partial charge is 0.250 e. The van der Waals surface area contributed by atoms with Crippen molar-refractivity contribution < 1.29 is 4.79 Å². The van der Waals surface area contributed by atoms with Crippen LogP contribution in [0.3, 0.4) is 0 Å². The van der Waals surface area contributed by atoms with E-state index in [0.29, 0.717) is 10.7 Å². The first-order valence-corrected chi connectivity index (χ1v) is 10.7. The third-order valence-corrected chi connectivity index (χ3v) is 6.71. The molecule has 5 nitrogen and oxygen atoms in total. The van der Waals surface area contributed by atoms with E-state index in [2.05, 4.69) is 37.5 Å². The van der Waals surface area contributed by atoms with Gasteiger partial charge in [-0.1, -0.05) is 35.2 Å². The lowest BCUT2D eigenvalue weighted by molar-refractivity contribution is -0.111. The van der Waals surface area contributed by atoms with Crippen LogP contribution < -0.4 is 5.32 Å². The average Bonchev–Trinajstić information content (AvgIpc) is 3.27. The van der Waals surface area contributed by atoms with Gasteiger partial charge >= 0.3 is 0 Å².